The van der Waals surface area contributed by atoms with Crippen LogP contribution in [-0.4, -0.2) is 24.0 Å². The van der Waals surface area contributed by atoms with E-state index in [1.165, 1.54) is 5.56 Å². The maximum absolute atomic E-state index is 4.56. The zero-order valence-corrected chi connectivity index (χ0v) is 11.3. The van der Waals surface area contributed by atoms with Crippen LogP contribution in [0, 0.1) is 0 Å². The van der Waals surface area contributed by atoms with Crippen molar-refractivity contribution >= 4 is 12.2 Å². The van der Waals surface area contributed by atoms with Gasteiger partial charge in [0.25, 0.3) is 0 Å². The molecule has 1 heterocycles. The van der Waals surface area contributed by atoms with E-state index in [4.69, 9.17) is 0 Å². The third-order valence-corrected chi connectivity index (χ3v) is 2.71. The maximum Gasteiger partial charge on any atom is 0.0507 e. The normalized spacial score (nSPS) is 10.9. The van der Waals surface area contributed by atoms with Gasteiger partial charge in [0.2, 0.25) is 0 Å². The summed E-state index contributed by atoms with van der Waals surface area (Å²) in [4.78, 5) is 6.70. The number of aromatic nitrogens is 1. The third-order valence-electron chi connectivity index (χ3n) is 2.71. The Morgan fingerprint density at radius 3 is 2.24 bits per heavy atom. The molecule has 0 saturated carbocycles. The summed E-state index contributed by atoms with van der Waals surface area (Å²) in [5.74, 6) is 0.398. The average molecular weight is 230 g/mol. The molecule has 17 heavy (non-hydrogen) atoms. The highest BCUT2D eigenvalue weighted by Gasteiger charge is 2.13. The van der Waals surface area contributed by atoms with Crippen molar-refractivity contribution in [3.63, 3.8) is 0 Å². The second kappa shape index (κ2) is 5.78. The molecule has 2 nitrogen and oxygen atoms in total. The van der Waals surface area contributed by atoms with Gasteiger partial charge in [0.15, 0.2) is 0 Å². The Hall–Kier alpha value is -1.41. The quantitative estimate of drug-likeness (QED) is 0.769. The molecule has 0 aromatic carbocycles. The lowest BCUT2D eigenvalue weighted by atomic mass is 9.95. The third kappa shape index (κ3) is 3.04. The minimum atomic E-state index is 0.398. The topological polar surface area (TPSA) is 16.1 Å². The van der Waals surface area contributed by atoms with Gasteiger partial charge in [-0.15, -0.1) is 0 Å². The molecule has 0 amide bonds. The zero-order valence-electron chi connectivity index (χ0n) is 11.3. The van der Waals surface area contributed by atoms with Crippen LogP contribution in [0.25, 0.3) is 12.2 Å². The molecule has 0 unspecified atom stereocenters. The molecular formula is C15H22N2. The first-order valence-corrected chi connectivity index (χ1v) is 5.92. The number of nitrogens with zero attached hydrogens (tertiary/aromatic N) is 2. The molecule has 0 atom stereocenters. The van der Waals surface area contributed by atoms with Gasteiger partial charge in [0, 0.05) is 18.3 Å². The summed E-state index contributed by atoms with van der Waals surface area (Å²) >= 11 is 0. The van der Waals surface area contributed by atoms with Crippen LogP contribution in [0.4, 0.5) is 0 Å². The molecular weight excluding hydrogens is 208 g/mol. The van der Waals surface area contributed by atoms with Gasteiger partial charge in [0.1, 0.15) is 0 Å². The Morgan fingerprint density at radius 2 is 1.82 bits per heavy atom. The van der Waals surface area contributed by atoms with E-state index in [2.05, 4.69) is 51.0 Å². The predicted molar refractivity (Wildman–Crippen MR) is 75.9 cm³/mol. The van der Waals surface area contributed by atoms with Crippen molar-refractivity contribution in [3.05, 3.63) is 41.7 Å². The van der Waals surface area contributed by atoms with Crippen molar-refractivity contribution in [2.75, 3.05) is 14.1 Å². The largest absolute Gasteiger partial charge is 0.305 e. The van der Waals surface area contributed by atoms with Crippen molar-refractivity contribution in [2.24, 2.45) is 0 Å². The van der Waals surface area contributed by atoms with Crippen molar-refractivity contribution in [1.82, 2.24) is 9.88 Å². The number of hydrogen-bond donors (Lipinski definition) is 0. The summed E-state index contributed by atoms with van der Waals surface area (Å²) < 4.78 is 0. The van der Waals surface area contributed by atoms with Gasteiger partial charge in [-0.2, -0.15) is 0 Å². The summed E-state index contributed by atoms with van der Waals surface area (Å²) in [6, 6.07) is 0. The Labute approximate surface area is 105 Å². The zero-order chi connectivity index (χ0) is 13.0. The van der Waals surface area contributed by atoms with Crippen LogP contribution in [0.3, 0.4) is 0 Å². The molecule has 1 aromatic rings. The molecule has 0 radical (unpaired) electrons. The van der Waals surface area contributed by atoms with Crippen molar-refractivity contribution in [2.45, 2.75) is 26.3 Å². The lowest BCUT2D eigenvalue weighted by molar-refractivity contribution is 0.401. The molecule has 0 saturated heterocycles. The lowest BCUT2D eigenvalue weighted by Crippen LogP contribution is -2.13. The molecule has 0 bridgehead atoms. The molecule has 0 N–H and O–H groups in total. The predicted octanol–water partition coefficient (Wildman–Crippen LogP) is 3.55. The minimum Gasteiger partial charge on any atom is -0.305 e. The van der Waals surface area contributed by atoms with Gasteiger partial charge in [-0.3, -0.25) is 4.98 Å². The molecule has 0 aliphatic carbocycles. The van der Waals surface area contributed by atoms with Crippen molar-refractivity contribution < 1.29 is 0 Å². The first-order valence-electron chi connectivity index (χ1n) is 5.92. The van der Waals surface area contributed by atoms with Crippen LogP contribution >= 0.6 is 0 Å². The maximum atomic E-state index is 4.56. The number of rotatable bonds is 5. The standard InChI is InChI=1S/C15H22N2/c1-7-13-12(10-17(5)6)9-16-15(11(3)4)14(13)8-2/h7-9,11H,1-2,10H2,3-6H3. The van der Waals surface area contributed by atoms with E-state index in [0.29, 0.717) is 5.92 Å². The summed E-state index contributed by atoms with van der Waals surface area (Å²) in [6.07, 6.45) is 5.75. The fourth-order valence-electron chi connectivity index (χ4n) is 1.98. The summed E-state index contributed by atoms with van der Waals surface area (Å²) in [5, 5.41) is 0. The molecule has 0 aliphatic heterocycles. The molecule has 1 rings (SSSR count). The van der Waals surface area contributed by atoms with Gasteiger partial charge in [-0.05, 0) is 31.1 Å². The van der Waals surface area contributed by atoms with Gasteiger partial charge >= 0.3 is 0 Å². The van der Waals surface area contributed by atoms with Gasteiger partial charge in [-0.25, -0.2) is 0 Å². The first kappa shape index (κ1) is 13.7. The lowest BCUT2D eigenvalue weighted by Gasteiger charge is -2.17. The highest BCUT2D eigenvalue weighted by Crippen LogP contribution is 2.25. The Kier molecular flexibility index (Phi) is 4.64. The smallest absolute Gasteiger partial charge is 0.0507 e. The molecule has 0 spiro atoms. The summed E-state index contributed by atoms with van der Waals surface area (Å²) in [5.41, 5.74) is 4.57. The molecule has 1 aromatic heterocycles. The van der Waals surface area contributed by atoms with Gasteiger partial charge in [0.05, 0.1) is 5.69 Å². The molecule has 2 heteroatoms. The number of hydrogen-bond acceptors (Lipinski definition) is 2. The second-order valence-corrected chi connectivity index (χ2v) is 4.80. The van der Waals surface area contributed by atoms with E-state index in [1.807, 2.05) is 18.3 Å². The number of pyridine rings is 1. The Morgan fingerprint density at radius 1 is 1.24 bits per heavy atom. The van der Waals surface area contributed by atoms with Crippen LogP contribution in [-0.2, 0) is 6.54 Å². The highest BCUT2D eigenvalue weighted by atomic mass is 15.0. The van der Waals surface area contributed by atoms with E-state index in [-0.39, 0.29) is 0 Å². The van der Waals surface area contributed by atoms with E-state index in [0.717, 1.165) is 23.4 Å². The van der Waals surface area contributed by atoms with E-state index in [1.54, 1.807) is 0 Å². The Bertz CT molecular complexity index is 417. The van der Waals surface area contributed by atoms with E-state index >= 15 is 0 Å². The van der Waals surface area contributed by atoms with Crippen LogP contribution in [0.2, 0.25) is 0 Å². The van der Waals surface area contributed by atoms with E-state index in [9.17, 15) is 0 Å². The van der Waals surface area contributed by atoms with Gasteiger partial charge < -0.3 is 4.90 Å². The fraction of sp³-hybridized carbons (Fsp3) is 0.400. The van der Waals surface area contributed by atoms with Crippen LogP contribution in [0.1, 0.15) is 42.1 Å². The SMILES string of the molecule is C=Cc1c(CN(C)C)cnc(C(C)C)c1C=C. The first-order chi connectivity index (χ1) is 8.01. The highest BCUT2D eigenvalue weighted by molar-refractivity contribution is 5.68. The van der Waals surface area contributed by atoms with Crippen molar-refractivity contribution in [1.29, 1.82) is 0 Å². The second-order valence-electron chi connectivity index (χ2n) is 4.80. The van der Waals surface area contributed by atoms with E-state index < -0.39 is 0 Å². The summed E-state index contributed by atoms with van der Waals surface area (Å²) in [7, 11) is 4.10. The van der Waals surface area contributed by atoms with Crippen LogP contribution < -0.4 is 0 Å². The summed E-state index contributed by atoms with van der Waals surface area (Å²) in [6.45, 7) is 13.0. The van der Waals surface area contributed by atoms with Crippen LogP contribution in [0.5, 0.6) is 0 Å². The average Bonchev–Trinajstić information content (AvgIpc) is 2.26. The Balaban J connectivity index is 3.37. The molecule has 0 aliphatic rings. The fourth-order valence-corrected chi connectivity index (χ4v) is 1.98. The molecule has 0 fully saturated rings. The monoisotopic (exact) mass is 230 g/mol. The van der Waals surface area contributed by atoms with Crippen LogP contribution in [0.15, 0.2) is 19.4 Å². The minimum absolute atomic E-state index is 0.398. The molecule has 92 valence electrons. The van der Waals surface area contributed by atoms with Gasteiger partial charge in [-0.1, -0.05) is 39.2 Å². The van der Waals surface area contributed by atoms with Crippen molar-refractivity contribution in [3.8, 4) is 0 Å².